The number of ether oxygens (including phenoxy) is 4. The minimum absolute atomic E-state index is 0.00766. The van der Waals surface area contributed by atoms with Gasteiger partial charge in [0.05, 0.1) is 0 Å². The van der Waals surface area contributed by atoms with Crippen LogP contribution in [0, 0.1) is 0 Å². The van der Waals surface area contributed by atoms with Gasteiger partial charge in [0.15, 0.2) is 12.1 Å². The molecule has 0 aliphatic carbocycles. The van der Waals surface area contributed by atoms with Crippen LogP contribution in [0.5, 0.6) is 0 Å². The smallest absolute Gasteiger partial charge is 0.186 e. The van der Waals surface area contributed by atoms with Gasteiger partial charge in [0.2, 0.25) is 0 Å². The highest BCUT2D eigenvalue weighted by molar-refractivity contribution is 4.95. The molecule has 0 spiro atoms. The van der Waals surface area contributed by atoms with E-state index in [1.54, 1.807) is 7.11 Å². The molecule has 0 aromatic rings. The maximum absolute atomic E-state index is 5.80. The Balaban J connectivity index is 2.08. The minimum Gasteiger partial charge on any atom is -0.353 e. The Bertz CT molecular complexity index is 233. The molecule has 1 N–H and O–H groups in total. The molecule has 0 saturated carbocycles. The third-order valence-electron chi connectivity index (χ3n) is 2.74. The van der Waals surface area contributed by atoms with E-state index < -0.39 is 5.79 Å². The number of likely N-dealkylation sites (N-methyl/N-ethyl adjacent to an activating group) is 1. The van der Waals surface area contributed by atoms with Gasteiger partial charge >= 0.3 is 0 Å². The number of fused-ring (bicyclic) bond motifs is 1. The summed E-state index contributed by atoms with van der Waals surface area (Å²) >= 11 is 0. The minimum atomic E-state index is -0.540. The average molecular weight is 217 g/mol. The lowest BCUT2D eigenvalue weighted by Crippen LogP contribution is -2.36. The van der Waals surface area contributed by atoms with Crippen molar-refractivity contribution in [3.8, 4) is 0 Å². The molecule has 0 aromatic heterocycles. The van der Waals surface area contributed by atoms with Crippen LogP contribution in [0.2, 0.25) is 0 Å². The quantitative estimate of drug-likeness (QED) is 0.726. The highest BCUT2D eigenvalue weighted by Gasteiger charge is 2.55. The lowest BCUT2D eigenvalue weighted by Gasteiger charge is -2.23. The van der Waals surface area contributed by atoms with E-state index in [2.05, 4.69) is 5.32 Å². The Morgan fingerprint density at radius 2 is 1.93 bits per heavy atom. The van der Waals surface area contributed by atoms with E-state index in [1.807, 2.05) is 20.9 Å². The van der Waals surface area contributed by atoms with Crippen molar-refractivity contribution < 1.29 is 18.9 Å². The largest absolute Gasteiger partial charge is 0.353 e. The van der Waals surface area contributed by atoms with Crippen LogP contribution in [0.3, 0.4) is 0 Å². The summed E-state index contributed by atoms with van der Waals surface area (Å²) in [6, 6.07) is 0. The molecule has 2 saturated heterocycles. The second-order valence-electron chi connectivity index (χ2n) is 4.40. The van der Waals surface area contributed by atoms with Crippen LogP contribution in [-0.2, 0) is 18.9 Å². The molecule has 1 unspecified atom stereocenters. The van der Waals surface area contributed by atoms with Gasteiger partial charge in [0.25, 0.3) is 0 Å². The highest BCUT2D eigenvalue weighted by atomic mass is 16.8. The highest BCUT2D eigenvalue weighted by Crippen LogP contribution is 2.38. The number of hydrogen-bond donors (Lipinski definition) is 1. The molecule has 2 aliphatic rings. The van der Waals surface area contributed by atoms with E-state index in [0.29, 0.717) is 0 Å². The van der Waals surface area contributed by atoms with Gasteiger partial charge in [0, 0.05) is 13.7 Å². The third-order valence-corrected chi connectivity index (χ3v) is 2.74. The van der Waals surface area contributed by atoms with Gasteiger partial charge in [-0.3, -0.25) is 0 Å². The number of methoxy groups -OCH3 is 1. The van der Waals surface area contributed by atoms with Crippen LogP contribution in [0.15, 0.2) is 0 Å². The van der Waals surface area contributed by atoms with Crippen LogP contribution in [0.1, 0.15) is 13.8 Å². The molecule has 4 atom stereocenters. The summed E-state index contributed by atoms with van der Waals surface area (Å²) in [7, 11) is 3.51. The molecule has 0 amide bonds. The van der Waals surface area contributed by atoms with Crippen LogP contribution < -0.4 is 5.32 Å². The molecule has 88 valence electrons. The first-order valence-corrected chi connectivity index (χ1v) is 5.26. The fourth-order valence-corrected chi connectivity index (χ4v) is 2.20. The van der Waals surface area contributed by atoms with Gasteiger partial charge in [0.1, 0.15) is 18.3 Å². The van der Waals surface area contributed by atoms with Crippen LogP contribution in [0.4, 0.5) is 0 Å². The van der Waals surface area contributed by atoms with Crippen molar-refractivity contribution in [1.29, 1.82) is 0 Å². The van der Waals surface area contributed by atoms with Gasteiger partial charge in [-0.05, 0) is 20.9 Å². The maximum atomic E-state index is 5.80. The van der Waals surface area contributed by atoms with E-state index in [1.165, 1.54) is 0 Å². The first-order chi connectivity index (χ1) is 7.07. The fraction of sp³-hybridized carbons (Fsp3) is 1.00. The van der Waals surface area contributed by atoms with Crippen molar-refractivity contribution in [1.82, 2.24) is 5.32 Å². The van der Waals surface area contributed by atoms with Crippen molar-refractivity contribution in [2.75, 3.05) is 20.7 Å². The first kappa shape index (κ1) is 11.3. The molecular formula is C10H19NO4. The second-order valence-corrected chi connectivity index (χ2v) is 4.40. The van der Waals surface area contributed by atoms with Crippen molar-refractivity contribution in [3.05, 3.63) is 0 Å². The van der Waals surface area contributed by atoms with Crippen LogP contribution >= 0.6 is 0 Å². The summed E-state index contributed by atoms with van der Waals surface area (Å²) in [5.41, 5.74) is 0. The van der Waals surface area contributed by atoms with Crippen molar-refractivity contribution >= 4 is 0 Å². The zero-order valence-corrected chi connectivity index (χ0v) is 9.65. The first-order valence-electron chi connectivity index (χ1n) is 5.26. The lowest BCUT2D eigenvalue weighted by atomic mass is 10.1. The molecule has 5 heteroatoms. The number of nitrogens with one attached hydrogen (secondary N) is 1. The molecular weight excluding hydrogens is 198 g/mol. The summed E-state index contributed by atoms with van der Waals surface area (Å²) < 4.78 is 22.5. The maximum Gasteiger partial charge on any atom is 0.186 e. The predicted octanol–water partition coefficient (Wildman–Crippen LogP) is 0.0972. The molecule has 0 aromatic carbocycles. The molecule has 2 aliphatic heterocycles. The zero-order valence-electron chi connectivity index (χ0n) is 9.65. The van der Waals surface area contributed by atoms with E-state index in [-0.39, 0.29) is 24.6 Å². The topological polar surface area (TPSA) is 49.0 Å². The Morgan fingerprint density at radius 1 is 1.27 bits per heavy atom. The van der Waals surface area contributed by atoms with Gasteiger partial charge in [-0.15, -0.1) is 0 Å². The van der Waals surface area contributed by atoms with Crippen LogP contribution in [0.25, 0.3) is 0 Å². The van der Waals surface area contributed by atoms with Crippen molar-refractivity contribution in [2.24, 2.45) is 0 Å². The predicted molar refractivity (Wildman–Crippen MR) is 53.4 cm³/mol. The molecule has 2 rings (SSSR count). The summed E-state index contributed by atoms with van der Waals surface area (Å²) in [4.78, 5) is 0. The van der Waals surface area contributed by atoms with Crippen molar-refractivity contribution in [2.45, 2.75) is 44.2 Å². The molecule has 2 heterocycles. The van der Waals surface area contributed by atoms with Gasteiger partial charge < -0.3 is 24.3 Å². The summed E-state index contributed by atoms with van der Waals surface area (Å²) in [5, 5.41) is 3.08. The standard InChI is InChI=1S/C10H19NO4/c1-10(2)14-7-6(5-11-3)13-9(12-4)8(7)15-10/h6-9,11H,5H2,1-4H3/t6?,7-,8-,9+/m0/s1. The van der Waals surface area contributed by atoms with Gasteiger partial charge in [-0.25, -0.2) is 0 Å². The molecule has 5 nitrogen and oxygen atoms in total. The normalized spacial score (nSPS) is 43.2. The Labute approximate surface area is 90.0 Å². The summed E-state index contributed by atoms with van der Waals surface area (Å²) in [6.07, 6.45) is -0.498. The van der Waals surface area contributed by atoms with E-state index >= 15 is 0 Å². The second kappa shape index (κ2) is 3.99. The summed E-state index contributed by atoms with van der Waals surface area (Å²) in [5.74, 6) is -0.540. The average Bonchev–Trinajstić information content (AvgIpc) is 2.61. The molecule has 0 bridgehead atoms. The number of hydrogen-bond acceptors (Lipinski definition) is 5. The Morgan fingerprint density at radius 3 is 2.53 bits per heavy atom. The molecule has 2 fully saturated rings. The SMILES string of the molecule is CNCC1O[C@@H](OC)[C@H]2OC(C)(C)O[C@@H]12. The van der Waals surface area contributed by atoms with E-state index in [0.717, 1.165) is 6.54 Å². The van der Waals surface area contributed by atoms with Crippen LogP contribution in [-0.4, -0.2) is 51.1 Å². The fourth-order valence-electron chi connectivity index (χ4n) is 2.20. The lowest BCUT2D eigenvalue weighted by molar-refractivity contribution is -0.226. The third kappa shape index (κ3) is 2.03. The monoisotopic (exact) mass is 217 g/mol. The Hall–Kier alpha value is -0.200. The van der Waals surface area contributed by atoms with Gasteiger partial charge in [-0.1, -0.05) is 0 Å². The van der Waals surface area contributed by atoms with E-state index in [9.17, 15) is 0 Å². The Kier molecular flexibility index (Phi) is 3.00. The number of rotatable bonds is 3. The van der Waals surface area contributed by atoms with E-state index in [4.69, 9.17) is 18.9 Å². The molecule has 15 heavy (non-hydrogen) atoms. The van der Waals surface area contributed by atoms with Gasteiger partial charge in [-0.2, -0.15) is 0 Å². The molecule has 0 radical (unpaired) electrons. The summed E-state index contributed by atoms with van der Waals surface area (Å²) in [6.45, 7) is 4.56. The van der Waals surface area contributed by atoms with Crippen molar-refractivity contribution in [3.63, 3.8) is 0 Å². The zero-order chi connectivity index (χ0) is 11.1.